The lowest BCUT2D eigenvalue weighted by Gasteiger charge is -2.07. The van der Waals surface area contributed by atoms with E-state index in [1.807, 2.05) is 26.0 Å². The summed E-state index contributed by atoms with van der Waals surface area (Å²) in [4.78, 5) is 10.9. The van der Waals surface area contributed by atoms with Gasteiger partial charge >= 0.3 is 0 Å². The molecule has 0 fully saturated rings. The minimum Gasteiger partial charge on any atom is -0.339 e. The van der Waals surface area contributed by atoms with Gasteiger partial charge in [-0.05, 0) is 38.1 Å². The van der Waals surface area contributed by atoms with Crippen LogP contribution in [0.25, 0.3) is 10.2 Å². The Labute approximate surface area is 114 Å². The molecule has 0 aliphatic rings. The van der Waals surface area contributed by atoms with Crippen LogP contribution in [0.2, 0.25) is 0 Å². The highest BCUT2D eigenvalue weighted by Gasteiger charge is 2.09. The third-order valence-electron chi connectivity index (χ3n) is 2.72. The van der Waals surface area contributed by atoms with Gasteiger partial charge in [-0.3, -0.25) is 0 Å². The van der Waals surface area contributed by atoms with Crippen LogP contribution in [0, 0.1) is 19.7 Å². The van der Waals surface area contributed by atoms with Crippen LogP contribution >= 0.6 is 11.3 Å². The van der Waals surface area contributed by atoms with Gasteiger partial charge in [0.2, 0.25) is 0 Å². The number of hydrogen-bond acceptors (Lipinski definition) is 4. The molecule has 0 aliphatic heterocycles. The zero-order valence-electron chi connectivity index (χ0n) is 10.6. The molecule has 0 amide bonds. The molecule has 2 aromatic heterocycles. The van der Waals surface area contributed by atoms with Crippen LogP contribution in [-0.4, -0.2) is 9.97 Å². The van der Waals surface area contributed by atoms with Crippen LogP contribution in [0.3, 0.4) is 0 Å². The normalized spacial score (nSPS) is 10.9. The summed E-state index contributed by atoms with van der Waals surface area (Å²) in [6.45, 7) is 3.89. The summed E-state index contributed by atoms with van der Waals surface area (Å²) in [5.74, 6) is 1.15. The van der Waals surface area contributed by atoms with Crippen molar-refractivity contribution in [3.63, 3.8) is 0 Å². The average Bonchev–Trinajstić information content (AvgIpc) is 2.69. The van der Waals surface area contributed by atoms with E-state index in [1.165, 1.54) is 17.0 Å². The van der Waals surface area contributed by atoms with Crippen molar-refractivity contribution in [2.45, 2.75) is 13.8 Å². The van der Waals surface area contributed by atoms with E-state index in [0.717, 1.165) is 16.0 Å². The van der Waals surface area contributed by atoms with E-state index in [2.05, 4.69) is 15.3 Å². The topological polar surface area (TPSA) is 37.8 Å². The molecule has 0 bridgehead atoms. The van der Waals surface area contributed by atoms with Gasteiger partial charge in [-0.1, -0.05) is 6.07 Å². The smallest absolute Gasteiger partial charge is 0.142 e. The molecule has 3 aromatic rings. The molecule has 0 saturated heterocycles. The molecule has 0 atom stereocenters. The fourth-order valence-electron chi connectivity index (χ4n) is 1.95. The maximum Gasteiger partial charge on any atom is 0.142 e. The fourth-order valence-corrected chi connectivity index (χ4v) is 2.87. The van der Waals surface area contributed by atoms with Gasteiger partial charge in [-0.25, -0.2) is 14.4 Å². The largest absolute Gasteiger partial charge is 0.339 e. The van der Waals surface area contributed by atoms with Crippen LogP contribution in [-0.2, 0) is 0 Å². The number of thiophene rings is 1. The zero-order valence-corrected chi connectivity index (χ0v) is 11.4. The molecular formula is C14H12FN3S. The van der Waals surface area contributed by atoms with Crippen molar-refractivity contribution in [1.82, 2.24) is 9.97 Å². The van der Waals surface area contributed by atoms with Crippen LogP contribution in [0.1, 0.15) is 10.7 Å². The fraction of sp³-hybridized carbons (Fsp3) is 0.143. The van der Waals surface area contributed by atoms with Gasteiger partial charge in [0.25, 0.3) is 0 Å². The summed E-state index contributed by atoms with van der Waals surface area (Å²) in [7, 11) is 0. The van der Waals surface area contributed by atoms with Crippen molar-refractivity contribution in [2.75, 3.05) is 5.32 Å². The lowest BCUT2D eigenvalue weighted by molar-refractivity contribution is 0.628. The standard InChI is InChI=1S/C14H12FN3S/c1-8-6-12-13(16-9(2)17-14(12)19-8)18-11-5-3-4-10(15)7-11/h3-7H,1-2H3,(H,16,17,18). The van der Waals surface area contributed by atoms with E-state index in [9.17, 15) is 4.39 Å². The molecule has 3 rings (SSSR count). The highest BCUT2D eigenvalue weighted by Crippen LogP contribution is 2.30. The third-order valence-corrected chi connectivity index (χ3v) is 3.66. The number of nitrogens with zero attached hydrogens (tertiary/aromatic N) is 2. The average molecular weight is 273 g/mol. The Morgan fingerprint density at radius 2 is 2.00 bits per heavy atom. The number of fused-ring (bicyclic) bond motifs is 1. The Hall–Kier alpha value is -2.01. The van der Waals surface area contributed by atoms with Gasteiger partial charge in [0, 0.05) is 10.6 Å². The SMILES string of the molecule is Cc1nc(Nc2cccc(F)c2)c2cc(C)sc2n1. The summed E-state index contributed by atoms with van der Waals surface area (Å²) in [5, 5.41) is 4.13. The Morgan fingerprint density at radius 3 is 2.79 bits per heavy atom. The molecule has 2 heterocycles. The van der Waals surface area contributed by atoms with Gasteiger partial charge in [0.15, 0.2) is 0 Å². The summed E-state index contributed by atoms with van der Waals surface area (Å²) in [5.41, 5.74) is 0.684. The van der Waals surface area contributed by atoms with Crippen molar-refractivity contribution in [3.8, 4) is 0 Å². The highest BCUT2D eigenvalue weighted by atomic mass is 32.1. The predicted molar refractivity (Wildman–Crippen MR) is 76.6 cm³/mol. The Kier molecular flexibility index (Phi) is 2.91. The monoisotopic (exact) mass is 273 g/mol. The molecule has 1 aromatic carbocycles. The third kappa shape index (κ3) is 2.42. The molecule has 0 saturated carbocycles. The van der Waals surface area contributed by atoms with Crippen LogP contribution in [0.15, 0.2) is 30.3 Å². The summed E-state index contributed by atoms with van der Waals surface area (Å²) < 4.78 is 13.2. The summed E-state index contributed by atoms with van der Waals surface area (Å²) in [6.07, 6.45) is 0. The quantitative estimate of drug-likeness (QED) is 0.760. The van der Waals surface area contributed by atoms with Crippen LogP contribution in [0.4, 0.5) is 15.9 Å². The van der Waals surface area contributed by atoms with Crippen LogP contribution < -0.4 is 5.32 Å². The number of aryl methyl sites for hydroxylation is 2. The molecule has 0 radical (unpaired) electrons. The number of anilines is 2. The van der Waals surface area contributed by atoms with Crippen molar-refractivity contribution in [1.29, 1.82) is 0 Å². The van der Waals surface area contributed by atoms with Gasteiger partial charge in [-0.15, -0.1) is 11.3 Å². The number of rotatable bonds is 2. The number of aromatic nitrogens is 2. The molecule has 3 nitrogen and oxygen atoms in total. The minimum absolute atomic E-state index is 0.270. The first-order valence-corrected chi connectivity index (χ1v) is 6.71. The lowest BCUT2D eigenvalue weighted by Crippen LogP contribution is -1.97. The first kappa shape index (κ1) is 12.0. The van der Waals surface area contributed by atoms with Gasteiger partial charge in [0.1, 0.15) is 22.3 Å². The predicted octanol–water partition coefficient (Wildman–Crippen LogP) is 4.19. The van der Waals surface area contributed by atoms with Crippen LogP contribution in [0.5, 0.6) is 0 Å². The molecule has 1 N–H and O–H groups in total. The first-order valence-electron chi connectivity index (χ1n) is 5.89. The highest BCUT2D eigenvalue weighted by molar-refractivity contribution is 7.18. The number of nitrogens with one attached hydrogen (secondary N) is 1. The van der Waals surface area contributed by atoms with Gasteiger partial charge in [0.05, 0.1) is 5.39 Å². The van der Waals surface area contributed by atoms with Gasteiger partial charge in [-0.2, -0.15) is 0 Å². The molecule has 96 valence electrons. The molecule has 19 heavy (non-hydrogen) atoms. The second-order valence-electron chi connectivity index (χ2n) is 4.33. The molecular weight excluding hydrogens is 261 g/mol. The molecule has 5 heteroatoms. The minimum atomic E-state index is -0.270. The number of hydrogen-bond donors (Lipinski definition) is 1. The lowest BCUT2D eigenvalue weighted by atomic mass is 10.3. The van der Waals surface area contributed by atoms with E-state index in [4.69, 9.17) is 0 Å². The summed E-state index contributed by atoms with van der Waals surface area (Å²) >= 11 is 1.63. The van der Waals surface area contributed by atoms with E-state index in [-0.39, 0.29) is 5.82 Å². The van der Waals surface area contributed by atoms with Crippen molar-refractivity contribution < 1.29 is 4.39 Å². The van der Waals surface area contributed by atoms with Gasteiger partial charge < -0.3 is 5.32 Å². The number of halogens is 1. The molecule has 0 spiro atoms. The van der Waals surface area contributed by atoms with E-state index in [0.29, 0.717) is 11.5 Å². The maximum atomic E-state index is 13.2. The molecule has 0 aliphatic carbocycles. The van der Waals surface area contributed by atoms with Crippen molar-refractivity contribution >= 4 is 33.1 Å². The Morgan fingerprint density at radius 1 is 1.16 bits per heavy atom. The Balaban J connectivity index is 2.09. The molecule has 0 unspecified atom stereocenters. The second kappa shape index (κ2) is 4.59. The van der Waals surface area contributed by atoms with E-state index in [1.54, 1.807) is 17.4 Å². The summed E-state index contributed by atoms with van der Waals surface area (Å²) in [6, 6.07) is 8.39. The second-order valence-corrected chi connectivity index (χ2v) is 5.57. The maximum absolute atomic E-state index is 13.2. The Bertz CT molecular complexity index is 752. The van der Waals surface area contributed by atoms with E-state index < -0.39 is 0 Å². The van der Waals surface area contributed by atoms with Crippen molar-refractivity contribution in [2.24, 2.45) is 0 Å². The van der Waals surface area contributed by atoms with Crippen molar-refractivity contribution in [3.05, 3.63) is 46.9 Å². The number of benzene rings is 1. The van der Waals surface area contributed by atoms with E-state index >= 15 is 0 Å². The first-order chi connectivity index (χ1) is 9.11. The zero-order chi connectivity index (χ0) is 13.4.